The number of phenols is 1. The van der Waals surface area contributed by atoms with Gasteiger partial charge in [-0.2, -0.15) is 0 Å². The van der Waals surface area contributed by atoms with Crippen LogP contribution >= 0.6 is 11.6 Å². The number of anilines is 1. The van der Waals surface area contributed by atoms with E-state index in [-0.39, 0.29) is 17.5 Å². The van der Waals surface area contributed by atoms with E-state index in [1.54, 1.807) is 36.4 Å². The summed E-state index contributed by atoms with van der Waals surface area (Å²) in [5, 5.41) is 13.5. The molecule has 0 aliphatic carbocycles. The van der Waals surface area contributed by atoms with Crippen molar-refractivity contribution in [3.63, 3.8) is 0 Å². The molecular formula is C21H15ClN2O3. The third kappa shape index (κ3) is 3.50. The molecule has 0 radical (unpaired) electrons. The number of aromatic hydroxyl groups is 1. The van der Waals surface area contributed by atoms with Gasteiger partial charge in [-0.05, 0) is 61.0 Å². The van der Waals surface area contributed by atoms with Crippen LogP contribution in [-0.4, -0.2) is 16.0 Å². The number of oxazole rings is 1. The van der Waals surface area contributed by atoms with Gasteiger partial charge >= 0.3 is 0 Å². The minimum absolute atomic E-state index is 0.0130. The lowest BCUT2D eigenvalue weighted by Gasteiger charge is -2.08. The highest BCUT2D eigenvalue weighted by Crippen LogP contribution is 2.33. The molecule has 0 unspecified atom stereocenters. The highest BCUT2D eigenvalue weighted by Gasteiger charge is 2.15. The maximum Gasteiger partial charge on any atom is 0.255 e. The minimum Gasteiger partial charge on any atom is -0.507 e. The number of fused-ring (bicyclic) bond motifs is 1. The van der Waals surface area contributed by atoms with Crippen LogP contribution in [0.2, 0.25) is 5.02 Å². The molecule has 0 bridgehead atoms. The van der Waals surface area contributed by atoms with E-state index in [4.69, 9.17) is 16.0 Å². The molecule has 5 nitrogen and oxygen atoms in total. The first-order valence-electron chi connectivity index (χ1n) is 8.27. The van der Waals surface area contributed by atoms with Gasteiger partial charge in [-0.3, -0.25) is 4.79 Å². The predicted octanol–water partition coefficient (Wildman–Crippen LogP) is 5.41. The van der Waals surface area contributed by atoms with Crippen molar-refractivity contribution in [3.8, 4) is 17.2 Å². The van der Waals surface area contributed by atoms with Gasteiger partial charge in [-0.25, -0.2) is 4.98 Å². The third-order valence-corrected chi connectivity index (χ3v) is 4.35. The molecule has 0 aliphatic heterocycles. The van der Waals surface area contributed by atoms with Crippen LogP contribution in [0.1, 0.15) is 15.9 Å². The van der Waals surface area contributed by atoms with Crippen molar-refractivity contribution in [2.45, 2.75) is 6.92 Å². The number of aromatic nitrogens is 1. The monoisotopic (exact) mass is 378 g/mol. The number of nitrogens with zero attached hydrogens (tertiary/aromatic N) is 1. The van der Waals surface area contributed by atoms with Crippen LogP contribution in [0.5, 0.6) is 5.75 Å². The number of hydrogen-bond donors (Lipinski definition) is 2. The molecule has 0 atom stereocenters. The van der Waals surface area contributed by atoms with E-state index < -0.39 is 0 Å². The maximum atomic E-state index is 12.4. The van der Waals surface area contributed by atoms with E-state index in [2.05, 4.69) is 10.3 Å². The van der Waals surface area contributed by atoms with Crippen LogP contribution in [-0.2, 0) is 0 Å². The molecule has 4 aromatic rings. The van der Waals surface area contributed by atoms with Crippen LogP contribution in [0, 0.1) is 6.92 Å². The SMILES string of the molecule is Cc1ccc2oc(-c3cc(NC(=O)c4cccc(Cl)c4)ccc3O)nc2c1. The molecule has 6 heteroatoms. The molecule has 4 rings (SSSR count). The Bertz CT molecular complexity index is 1170. The van der Waals surface area contributed by atoms with Crippen LogP contribution in [0.15, 0.2) is 65.1 Å². The fraction of sp³-hybridized carbons (Fsp3) is 0.0476. The number of phenolic OH excluding ortho intramolecular Hbond substituents is 1. The Hall–Kier alpha value is -3.31. The van der Waals surface area contributed by atoms with Crippen molar-refractivity contribution in [3.05, 3.63) is 76.8 Å². The van der Waals surface area contributed by atoms with Gasteiger partial charge in [0.05, 0.1) is 5.56 Å². The fourth-order valence-electron chi connectivity index (χ4n) is 2.77. The zero-order valence-electron chi connectivity index (χ0n) is 14.4. The van der Waals surface area contributed by atoms with Gasteiger partial charge in [0, 0.05) is 16.3 Å². The maximum absolute atomic E-state index is 12.4. The minimum atomic E-state index is -0.303. The van der Waals surface area contributed by atoms with Gasteiger partial charge in [-0.15, -0.1) is 0 Å². The summed E-state index contributed by atoms with van der Waals surface area (Å²) in [4.78, 5) is 16.8. The number of benzene rings is 3. The first-order valence-corrected chi connectivity index (χ1v) is 8.65. The van der Waals surface area contributed by atoms with Gasteiger partial charge in [0.25, 0.3) is 5.91 Å². The molecule has 1 amide bonds. The molecule has 1 heterocycles. The van der Waals surface area contributed by atoms with E-state index in [0.29, 0.717) is 32.9 Å². The van der Waals surface area contributed by atoms with Crippen molar-refractivity contribution < 1.29 is 14.3 Å². The van der Waals surface area contributed by atoms with Gasteiger partial charge in [0.15, 0.2) is 5.58 Å². The summed E-state index contributed by atoms with van der Waals surface area (Å²) >= 11 is 5.93. The summed E-state index contributed by atoms with van der Waals surface area (Å²) in [6.07, 6.45) is 0. The second kappa shape index (κ2) is 6.78. The molecule has 0 saturated heterocycles. The lowest BCUT2D eigenvalue weighted by Crippen LogP contribution is -2.11. The van der Waals surface area contributed by atoms with Gasteiger partial charge in [-0.1, -0.05) is 23.7 Å². The van der Waals surface area contributed by atoms with Crippen molar-refractivity contribution >= 4 is 34.3 Å². The van der Waals surface area contributed by atoms with E-state index >= 15 is 0 Å². The van der Waals surface area contributed by atoms with Crippen LogP contribution < -0.4 is 5.32 Å². The van der Waals surface area contributed by atoms with E-state index in [9.17, 15) is 9.90 Å². The Morgan fingerprint density at radius 3 is 2.78 bits per heavy atom. The normalized spacial score (nSPS) is 10.9. The molecule has 2 N–H and O–H groups in total. The van der Waals surface area contributed by atoms with Gasteiger partial charge in [0.2, 0.25) is 5.89 Å². The molecular weight excluding hydrogens is 364 g/mol. The largest absolute Gasteiger partial charge is 0.507 e. The molecule has 1 aromatic heterocycles. The highest BCUT2D eigenvalue weighted by molar-refractivity contribution is 6.31. The first-order chi connectivity index (χ1) is 13.0. The third-order valence-electron chi connectivity index (χ3n) is 4.11. The predicted molar refractivity (Wildman–Crippen MR) is 105 cm³/mol. The second-order valence-electron chi connectivity index (χ2n) is 6.19. The number of aryl methyl sites for hydroxylation is 1. The van der Waals surface area contributed by atoms with Gasteiger partial charge < -0.3 is 14.8 Å². The molecule has 27 heavy (non-hydrogen) atoms. The van der Waals surface area contributed by atoms with Crippen LogP contribution in [0.3, 0.4) is 0 Å². The first kappa shape index (κ1) is 17.1. The average Bonchev–Trinajstić information content (AvgIpc) is 3.06. The second-order valence-corrected chi connectivity index (χ2v) is 6.62. The standard InChI is InChI=1S/C21H15ClN2O3/c1-12-5-8-19-17(9-12)24-21(27-19)16-11-15(6-7-18(16)25)23-20(26)13-3-2-4-14(22)10-13/h2-11,25H,1H3,(H,23,26). The van der Waals surface area contributed by atoms with Crippen molar-refractivity contribution in [1.82, 2.24) is 4.98 Å². The lowest BCUT2D eigenvalue weighted by atomic mass is 10.1. The highest BCUT2D eigenvalue weighted by atomic mass is 35.5. The summed E-state index contributed by atoms with van der Waals surface area (Å²) in [5.74, 6) is -0.00619. The summed E-state index contributed by atoms with van der Waals surface area (Å²) in [7, 11) is 0. The summed E-state index contributed by atoms with van der Waals surface area (Å²) < 4.78 is 5.75. The number of halogens is 1. The molecule has 0 aliphatic rings. The Kier molecular flexibility index (Phi) is 4.30. The summed E-state index contributed by atoms with van der Waals surface area (Å²) in [6, 6.07) is 17.1. The number of carbonyl (C=O) groups excluding carboxylic acids is 1. The molecule has 0 saturated carbocycles. The zero-order valence-corrected chi connectivity index (χ0v) is 15.1. The smallest absolute Gasteiger partial charge is 0.255 e. The number of amides is 1. The number of carbonyl (C=O) groups is 1. The molecule has 0 spiro atoms. The van der Waals surface area contributed by atoms with Crippen LogP contribution in [0.25, 0.3) is 22.6 Å². The number of nitrogens with one attached hydrogen (secondary N) is 1. The summed E-state index contributed by atoms with van der Waals surface area (Å²) in [5.41, 5.74) is 3.74. The number of hydrogen-bond acceptors (Lipinski definition) is 4. The van der Waals surface area contributed by atoms with Crippen molar-refractivity contribution in [1.29, 1.82) is 0 Å². The number of rotatable bonds is 3. The van der Waals surface area contributed by atoms with E-state index in [1.165, 1.54) is 6.07 Å². The molecule has 3 aromatic carbocycles. The fourth-order valence-corrected chi connectivity index (χ4v) is 2.96. The van der Waals surface area contributed by atoms with Crippen LogP contribution in [0.4, 0.5) is 5.69 Å². The quantitative estimate of drug-likeness (QED) is 0.467. The lowest BCUT2D eigenvalue weighted by molar-refractivity contribution is 0.102. The van der Waals surface area contributed by atoms with E-state index in [1.807, 2.05) is 25.1 Å². The average molecular weight is 379 g/mol. The zero-order chi connectivity index (χ0) is 19.0. The Morgan fingerprint density at radius 2 is 1.96 bits per heavy atom. The van der Waals surface area contributed by atoms with Crippen molar-refractivity contribution in [2.24, 2.45) is 0 Å². The Labute approximate surface area is 160 Å². The molecule has 134 valence electrons. The topological polar surface area (TPSA) is 75.4 Å². The van der Waals surface area contributed by atoms with E-state index in [0.717, 1.165) is 5.56 Å². The Balaban J connectivity index is 1.67. The summed E-state index contributed by atoms with van der Waals surface area (Å²) in [6.45, 7) is 1.97. The Morgan fingerprint density at radius 1 is 1.11 bits per heavy atom. The molecule has 0 fully saturated rings. The van der Waals surface area contributed by atoms with Gasteiger partial charge in [0.1, 0.15) is 11.3 Å². The van der Waals surface area contributed by atoms with Crippen molar-refractivity contribution in [2.75, 3.05) is 5.32 Å².